The van der Waals surface area contributed by atoms with Crippen molar-refractivity contribution in [3.05, 3.63) is 90.0 Å². The number of aryl methyl sites for hydroxylation is 1. The molecule has 0 radical (unpaired) electrons. The van der Waals surface area contributed by atoms with Crippen molar-refractivity contribution in [1.82, 2.24) is 4.98 Å². The molecule has 29 heavy (non-hydrogen) atoms. The number of rotatable bonds is 6. The number of carbonyl (C=O) groups is 1. The summed E-state index contributed by atoms with van der Waals surface area (Å²) in [4.78, 5) is 19.9. The van der Waals surface area contributed by atoms with E-state index >= 15 is 0 Å². The first-order valence-corrected chi connectivity index (χ1v) is 10.4. The van der Waals surface area contributed by atoms with Gasteiger partial charge in [0.2, 0.25) is 0 Å². The summed E-state index contributed by atoms with van der Waals surface area (Å²) in [7, 11) is 0. The molecule has 146 valence electrons. The van der Waals surface area contributed by atoms with Crippen molar-refractivity contribution >= 4 is 32.6 Å². The molecule has 0 N–H and O–H groups in total. The zero-order valence-corrected chi connectivity index (χ0v) is 17.2. The molecule has 0 saturated heterocycles. The fourth-order valence-electron chi connectivity index (χ4n) is 3.17. The molecule has 4 nitrogen and oxygen atoms in total. The maximum atomic E-state index is 13.4. The number of benzene rings is 3. The standard InChI is InChI=1S/C24H22N2O2S/c1-17-10-9-15-21-22(17)25-24(29-21)26(16-19-11-5-3-6-12-19)23(27)18(2)28-20-13-7-4-8-14-20/h3-15,18H,16H2,1-2H3. The zero-order chi connectivity index (χ0) is 20.2. The van der Waals surface area contributed by atoms with Crippen LogP contribution in [-0.2, 0) is 11.3 Å². The third-order valence-corrected chi connectivity index (χ3v) is 5.74. The SMILES string of the molecule is Cc1cccc2sc(N(Cc3ccccc3)C(=O)C(C)Oc3ccccc3)nc12. The predicted molar refractivity (Wildman–Crippen MR) is 119 cm³/mol. The molecular weight excluding hydrogens is 380 g/mol. The summed E-state index contributed by atoms with van der Waals surface area (Å²) in [6, 6.07) is 25.5. The Kier molecular flexibility index (Phi) is 5.58. The van der Waals surface area contributed by atoms with E-state index in [0.29, 0.717) is 17.4 Å². The smallest absolute Gasteiger partial charge is 0.269 e. The molecule has 5 heteroatoms. The van der Waals surface area contributed by atoms with Gasteiger partial charge in [-0.3, -0.25) is 9.69 Å². The van der Waals surface area contributed by atoms with Gasteiger partial charge >= 0.3 is 0 Å². The summed E-state index contributed by atoms with van der Waals surface area (Å²) in [5.74, 6) is 0.558. The van der Waals surface area contributed by atoms with Crippen LogP contribution in [-0.4, -0.2) is 17.0 Å². The minimum absolute atomic E-state index is 0.116. The van der Waals surface area contributed by atoms with Gasteiger partial charge in [0.05, 0.1) is 16.8 Å². The lowest BCUT2D eigenvalue weighted by Gasteiger charge is -2.24. The number of amides is 1. The van der Waals surface area contributed by atoms with Crippen molar-refractivity contribution in [3.63, 3.8) is 0 Å². The van der Waals surface area contributed by atoms with Crippen molar-refractivity contribution in [2.45, 2.75) is 26.5 Å². The quantitative estimate of drug-likeness (QED) is 0.421. The largest absolute Gasteiger partial charge is 0.481 e. The summed E-state index contributed by atoms with van der Waals surface area (Å²) < 4.78 is 6.97. The van der Waals surface area contributed by atoms with Gasteiger partial charge in [-0.25, -0.2) is 4.98 Å². The molecule has 1 unspecified atom stereocenters. The first-order chi connectivity index (χ1) is 14.1. The number of thiazole rings is 1. The van der Waals surface area contributed by atoms with Crippen LogP contribution in [0.25, 0.3) is 10.2 Å². The Bertz CT molecular complexity index is 1110. The van der Waals surface area contributed by atoms with Crippen LogP contribution in [0.15, 0.2) is 78.9 Å². The van der Waals surface area contributed by atoms with Crippen molar-refractivity contribution in [1.29, 1.82) is 0 Å². The van der Waals surface area contributed by atoms with E-state index in [0.717, 1.165) is 21.3 Å². The summed E-state index contributed by atoms with van der Waals surface area (Å²) in [5, 5.41) is 0.687. The maximum Gasteiger partial charge on any atom is 0.269 e. The number of ether oxygens (including phenoxy) is 1. The van der Waals surface area contributed by atoms with Crippen LogP contribution in [0.5, 0.6) is 5.75 Å². The third kappa shape index (κ3) is 4.30. The second-order valence-electron chi connectivity index (χ2n) is 6.90. The lowest BCUT2D eigenvalue weighted by molar-refractivity contribution is -0.124. The number of hydrogen-bond acceptors (Lipinski definition) is 4. The van der Waals surface area contributed by atoms with Crippen molar-refractivity contribution in [2.75, 3.05) is 4.90 Å². The monoisotopic (exact) mass is 402 g/mol. The zero-order valence-electron chi connectivity index (χ0n) is 16.4. The lowest BCUT2D eigenvalue weighted by Crippen LogP contribution is -2.40. The molecule has 0 aliphatic rings. The second-order valence-corrected chi connectivity index (χ2v) is 7.91. The van der Waals surface area contributed by atoms with E-state index in [1.807, 2.05) is 85.8 Å². The molecule has 0 bridgehead atoms. The van der Waals surface area contributed by atoms with Crippen LogP contribution in [0.1, 0.15) is 18.1 Å². The van der Waals surface area contributed by atoms with Gasteiger partial charge in [0.15, 0.2) is 11.2 Å². The summed E-state index contributed by atoms with van der Waals surface area (Å²) >= 11 is 1.53. The first kappa shape index (κ1) is 19.2. The van der Waals surface area contributed by atoms with E-state index in [1.165, 1.54) is 11.3 Å². The molecule has 0 aliphatic carbocycles. The average molecular weight is 403 g/mol. The molecule has 1 amide bonds. The Morgan fingerprint density at radius 2 is 1.69 bits per heavy atom. The molecular formula is C24H22N2O2S. The first-order valence-electron chi connectivity index (χ1n) is 9.55. The minimum atomic E-state index is -0.630. The van der Waals surface area contributed by atoms with E-state index in [9.17, 15) is 4.79 Å². The number of nitrogens with zero attached hydrogens (tertiary/aromatic N) is 2. The second kappa shape index (κ2) is 8.45. The number of anilines is 1. The molecule has 0 aliphatic heterocycles. The fraction of sp³-hybridized carbons (Fsp3) is 0.167. The van der Waals surface area contributed by atoms with E-state index < -0.39 is 6.10 Å². The van der Waals surface area contributed by atoms with E-state index in [1.54, 1.807) is 11.8 Å². The van der Waals surface area contributed by atoms with E-state index in [2.05, 4.69) is 0 Å². The van der Waals surface area contributed by atoms with Crippen LogP contribution in [0.4, 0.5) is 5.13 Å². The molecule has 0 saturated carbocycles. The van der Waals surface area contributed by atoms with E-state index in [-0.39, 0.29) is 5.91 Å². The Morgan fingerprint density at radius 1 is 1.00 bits per heavy atom. The van der Waals surface area contributed by atoms with Gasteiger partial charge in [-0.05, 0) is 43.2 Å². The Labute approximate surface area is 174 Å². The topological polar surface area (TPSA) is 42.4 Å². The van der Waals surface area contributed by atoms with Crippen molar-refractivity contribution < 1.29 is 9.53 Å². The lowest BCUT2D eigenvalue weighted by atomic mass is 10.2. The van der Waals surface area contributed by atoms with Gasteiger partial charge in [-0.15, -0.1) is 0 Å². The van der Waals surface area contributed by atoms with Crippen LogP contribution in [0, 0.1) is 6.92 Å². The van der Waals surface area contributed by atoms with Crippen molar-refractivity contribution in [2.24, 2.45) is 0 Å². The van der Waals surface area contributed by atoms with Gasteiger partial charge in [0, 0.05) is 0 Å². The fourth-order valence-corrected chi connectivity index (χ4v) is 4.22. The molecule has 0 spiro atoms. The van der Waals surface area contributed by atoms with Gasteiger partial charge in [0.1, 0.15) is 5.75 Å². The molecule has 3 aromatic carbocycles. The molecule has 4 rings (SSSR count). The van der Waals surface area contributed by atoms with Gasteiger partial charge in [-0.1, -0.05) is 72.0 Å². The molecule has 1 heterocycles. The third-order valence-electron chi connectivity index (χ3n) is 4.69. The van der Waals surface area contributed by atoms with Gasteiger partial charge in [0.25, 0.3) is 5.91 Å². The maximum absolute atomic E-state index is 13.4. The molecule has 0 fully saturated rings. The summed E-state index contributed by atoms with van der Waals surface area (Å²) in [6.07, 6.45) is -0.630. The molecule has 4 aromatic rings. The Balaban J connectivity index is 1.67. The predicted octanol–water partition coefficient (Wildman–Crippen LogP) is 5.61. The molecule has 1 atom stereocenters. The Morgan fingerprint density at radius 3 is 2.38 bits per heavy atom. The Hall–Kier alpha value is -3.18. The van der Waals surface area contributed by atoms with Crippen LogP contribution < -0.4 is 9.64 Å². The van der Waals surface area contributed by atoms with E-state index in [4.69, 9.17) is 9.72 Å². The number of fused-ring (bicyclic) bond motifs is 1. The number of para-hydroxylation sites is 2. The highest BCUT2D eigenvalue weighted by molar-refractivity contribution is 7.22. The van der Waals surface area contributed by atoms with Crippen LogP contribution >= 0.6 is 11.3 Å². The summed E-state index contributed by atoms with van der Waals surface area (Å²) in [5.41, 5.74) is 3.09. The molecule has 1 aromatic heterocycles. The highest BCUT2D eigenvalue weighted by Gasteiger charge is 2.26. The average Bonchev–Trinajstić information content (AvgIpc) is 3.18. The number of hydrogen-bond donors (Lipinski definition) is 0. The normalized spacial score (nSPS) is 11.9. The summed E-state index contributed by atoms with van der Waals surface area (Å²) in [6.45, 7) is 4.27. The van der Waals surface area contributed by atoms with Gasteiger partial charge < -0.3 is 4.74 Å². The van der Waals surface area contributed by atoms with Gasteiger partial charge in [-0.2, -0.15) is 0 Å². The number of aromatic nitrogens is 1. The highest BCUT2D eigenvalue weighted by Crippen LogP contribution is 2.32. The minimum Gasteiger partial charge on any atom is -0.481 e. The highest BCUT2D eigenvalue weighted by atomic mass is 32.1. The number of carbonyl (C=O) groups excluding carboxylic acids is 1. The van der Waals surface area contributed by atoms with Crippen LogP contribution in [0.2, 0.25) is 0 Å². The van der Waals surface area contributed by atoms with Crippen LogP contribution in [0.3, 0.4) is 0 Å². The van der Waals surface area contributed by atoms with Crippen molar-refractivity contribution in [3.8, 4) is 5.75 Å².